The van der Waals surface area contributed by atoms with E-state index in [1.807, 2.05) is 18.2 Å². The van der Waals surface area contributed by atoms with Gasteiger partial charge in [-0.05, 0) is 25.0 Å². The molecule has 0 saturated carbocycles. The van der Waals surface area contributed by atoms with Crippen molar-refractivity contribution in [1.29, 1.82) is 0 Å². The van der Waals surface area contributed by atoms with Gasteiger partial charge in [-0.25, -0.2) is 5.11 Å². The van der Waals surface area contributed by atoms with Gasteiger partial charge in [0, 0.05) is 12.8 Å². The fourth-order valence-electron chi connectivity index (χ4n) is 0.966. The highest BCUT2D eigenvalue weighted by molar-refractivity contribution is 5.01. The summed E-state index contributed by atoms with van der Waals surface area (Å²) in [5.74, 6) is 0. The van der Waals surface area contributed by atoms with Crippen LogP contribution in [0, 0.1) is 0 Å². The molecule has 3 nitrogen and oxygen atoms in total. The third-order valence-electron chi connectivity index (χ3n) is 1.66. The average Bonchev–Trinajstić information content (AvgIpc) is 2.19. The van der Waals surface area contributed by atoms with E-state index in [1.54, 1.807) is 6.20 Å². The van der Waals surface area contributed by atoms with Crippen molar-refractivity contribution >= 4 is 0 Å². The van der Waals surface area contributed by atoms with Crippen LogP contribution < -0.4 is 0 Å². The molecular formula is C10H14NO2. The van der Waals surface area contributed by atoms with E-state index >= 15 is 0 Å². The highest BCUT2D eigenvalue weighted by Crippen LogP contribution is 1.97. The van der Waals surface area contributed by atoms with Crippen LogP contribution in [0.2, 0.25) is 0 Å². The van der Waals surface area contributed by atoms with E-state index in [0.29, 0.717) is 19.6 Å². The van der Waals surface area contributed by atoms with E-state index < -0.39 is 0 Å². The summed E-state index contributed by atoms with van der Waals surface area (Å²) in [6.45, 7) is 1.19. The summed E-state index contributed by atoms with van der Waals surface area (Å²) < 4.78 is 5.32. The summed E-state index contributed by atoms with van der Waals surface area (Å²) in [4.78, 5) is 4.11. The highest BCUT2D eigenvalue weighted by Gasteiger charge is 1.92. The first kappa shape index (κ1) is 10.2. The number of rotatable bonds is 6. The summed E-state index contributed by atoms with van der Waals surface area (Å²) in [6, 6.07) is 5.73. The second-order valence-corrected chi connectivity index (χ2v) is 2.78. The van der Waals surface area contributed by atoms with Crippen molar-refractivity contribution in [2.75, 3.05) is 13.2 Å². The molecule has 0 spiro atoms. The molecule has 0 aliphatic heterocycles. The molecule has 0 fully saturated rings. The number of nitrogens with zero attached hydrogens (tertiary/aromatic N) is 1. The zero-order valence-corrected chi connectivity index (χ0v) is 7.61. The molecule has 0 aliphatic carbocycles. The SMILES string of the molecule is [O]CCCCOCc1ccccn1. The first-order valence-electron chi connectivity index (χ1n) is 4.49. The van der Waals surface area contributed by atoms with Gasteiger partial charge in [0.05, 0.1) is 18.9 Å². The van der Waals surface area contributed by atoms with Crippen molar-refractivity contribution in [3.63, 3.8) is 0 Å². The Kier molecular flexibility index (Phi) is 5.13. The summed E-state index contributed by atoms with van der Waals surface area (Å²) in [7, 11) is 0. The third-order valence-corrected chi connectivity index (χ3v) is 1.66. The monoisotopic (exact) mass is 180 g/mol. The largest absolute Gasteiger partial charge is 0.375 e. The Bertz CT molecular complexity index is 213. The van der Waals surface area contributed by atoms with Gasteiger partial charge in [-0.1, -0.05) is 6.07 Å². The van der Waals surface area contributed by atoms with Gasteiger partial charge in [-0.3, -0.25) is 4.98 Å². The van der Waals surface area contributed by atoms with Crippen LogP contribution in [-0.4, -0.2) is 18.2 Å². The van der Waals surface area contributed by atoms with Gasteiger partial charge >= 0.3 is 0 Å². The predicted molar refractivity (Wildman–Crippen MR) is 48.7 cm³/mol. The van der Waals surface area contributed by atoms with E-state index in [9.17, 15) is 5.11 Å². The molecule has 0 saturated heterocycles. The van der Waals surface area contributed by atoms with Crippen LogP contribution in [0.3, 0.4) is 0 Å². The van der Waals surface area contributed by atoms with Crippen molar-refractivity contribution in [1.82, 2.24) is 4.98 Å². The zero-order valence-electron chi connectivity index (χ0n) is 7.61. The van der Waals surface area contributed by atoms with Crippen LogP contribution in [0.25, 0.3) is 0 Å². The van der Waals surface area contributed by atoms with Gasteiger partial charge in [0.2, 0.25) is 0 Å². The molecule has 3 heteroatoms. The Balaban J connectivity index is 2.07. The molecule has 0 unspecified atom stereocenters. The van der Waals surface area contributed by atoms with Crippen LogP contribution in [-0.2, 0) is 16.5 Å². The predicted octanol–water partition coefficient (Wildman–Crippen LogP) is 1.81. The summed E-state index contributed by atoms with van der Waals surface area (Å²) in [5, 5.41) is 10.1. The number of hydrogen-bond acceptors (Lipinski definition) is 2. The average molecular weight is 180 g/mol. The minimum Gasteiger partial charge on any atom is -0.375 e. The maximum Gasteiger partial charge on any atom is 0.0887 e. The first-order valence-corrected chi connectivity index (χ1v) is 4.49. The molecular weight excluding hydrogens is 166 g/mol. The second kappa shape index (κ2) is 6.57. The maximum atomic E-state index is 10.1. The molecule has 1 aromatic heterocycles. The third kappa shape index (κ3) is 4.60. The molecule has 71 valence electrons. The highest BCUT2D eigenvalue weighted by atomic mass is 16.5. The summed E-state index contributed by atoms with van der Waals surface area (Å²) in [5.41, 5.74) is 0.935. The lowest BCUT2D eigenvalue weighted by Crippen LogP contribution is -1.97. The topological polar surface area (TPSA) is 42.0 Å². The maximum absolute atomic E-state index is 10.1. The summed E-state index contributed by atoms with van der Waals surface area (Å²) >= 11 is 0. The van der Waals surface area contributed by atoms with Crippen LogP contribution in [0.4, 0.5) is 0 Å². The lowest BCUT2D eigenvalue weighted by atomic mass is 10.3. The standard InChI is InChI=1S/C10H14NO2/c12-7-3-4-8-13-9-10-5-1-2-6-11-10/h1-2,5-6H,3-4,7-9H2. The van der Waals surface area contributed by atoms with Crippen LogP contribution in [0.1, 0.15) is 18.5 Å². The minimum atomic E-state index is -0.00700. The fourth-order valence-corrected chi connectivity index (χ4v) is 0.966. The lowest BCUT2D eigenvalue weighted by Gasteiger charge is -2.01. The molecule has 1 heterocycles. The molecule has 0 amide bonds. The van der Waals surface area contributed by atoms with E-state index in [2.05, 4.69) is 4.98 Å². The van der Waals surface area contributed by atoms with Crippen molar-refractivity contribution in [2.45, 2.75) is 19.4 Å². The molecule has 13 heavy (non-hydrogen) atoms. The first-order chi connectivity index (χ1) is 6.43. The van der Waals surface area contributed by atoms with E-state index in [-0.39, 0.29) is 6.61 Å². The van der Waals surface area contributed by atoms with Gasteiger partial charge in [0.1, 0.15) is 0 Å². The summed E-state index contributed by atoms with van der Waals surface area (Å²) in [6.07, 6.45) is 3.29. The number of pyridine rings is 1. The molecule has 0 N–H and O–H groups in total. The van der Waals surface area contributed by atoms with Gasteiger partial charge in [0.15, 0.2) is 0 Å². The van der Waals surface area contributed by atoms with E-state index in [4.69, 9.17) is 4.74 Å². The molecule has 0 aromatic carbocycles. The Morgan fingerprint density at radius 1 is 1.31 bits per heavy atom. The van der Waals surface area contributed by atoms with Crippen LogP contribution >= 0.6 is 0 Å². The molecule has 0 aliphatic rings. The molecule has 0 bridgehead atoms. The molecule has 1 radical (unpaired) electrons. The minimum absolute atomic E-state index is 0.00700. The van der Waals surface area contributed by atoms with Gasteiger partial charge in [-0.15, -0.1) is 0 Å². The number of ether oxygens (including phenoxy) is 1. The van der Waals surface area contributed by atoms with Crippen molar-refractivity contribution in [3.05, 3.63) is 30.1 Å². The van der Waals surface area contributed by atoms with Gasteiger partial charge in [-0.2, -0.15) is 0 Å². The molecule has 1 rings (SSSR count). The lowest BCUT2D eigenvalue weighted by molar-refractivity contribution is 0.104. The van der Waals surface area contributed by atoms with Crippen LogP contribution in [0.15, 0.2) is 24.4 Å². The number of hydrogen-bond donors (Lipinski definition) is 0. The Morgan fingerprint density at radius 3 is 2.92 bits per heavy atom. The number of aromatic nitrogens is 1. The van der Waals surface area contributed by atoms with Crippen molar-refractivity contribution in [3.8, 4) is 0 Å². The Morgan fingerprint density at radius 2 is 2.23 bits per heavy atom. The fraction of sp³-hybridized carbons (Fsp3) is 0.500. The molecule has 0 atom stereocenters. The van der Waals surface area contributed by atoms with Gasteiger partial charge < -0.3 is 4.74 Å². The van der Waals surface area contributed by atoms with Crippen molar-refractivity contribution < 1.29 is 9.84 Å². The molecule has 1 aromatic rings. The zero-order chi connectivity index (χ0) is 9.36. The quantitative estimate of drug-likeness (QED) is 0.626. The number of unbranched alkanes of at least 4 members (excludes halogenated alkanes) is 1. The smallest absolute Gasteiger partial charge is 0.0887 e. The normalized spacial score (nSPS) is 10.2. The van der Waals surface area contributed by atoms with E-state index in [0.717, 1.165) is 12.1 Å². The van der Waals surface area contributed by atoms with Gasteiger partial charge in [0.25, 0.3) is 0 Å². The Labute approximate surface area is 78.4 Å². The Hall–Kier alpha value is -0.930. The second-order valence-electron chi connectivity index (χ2n) is 2.78. The van der Waals surface area contributed by atoms with E-state index in [1.165, 1.54) is 0 Å². The van der Waals surface area contributed by atoms with Crippen molar-refractivity contribution in [2.24, 2.45) is 0 Å². The van der Waals surface area contributed by atoms with Crippen LogP contribution in [0.5, 0.6) is 0 Å².